The minimum atomic E-state index is 0.218. The highest BCUT2D eigenvalue weighted by Gasteiger charge is 2.27. The van der Waals surface area contributed by atoms with Crippen molar-refractivity contribution in [3.63, 3.8) is 0 Å². The number of fused-ring (bicyclic) bond motifs is 1. The summed E-state index contributed by atoms with van der Waals surface area (Å²) >= 11 is 0. The van der Waals surface area contributed by atoms with Crippen LogP contribution >= 0.6 is 0 Å². The molecule has 0 amide bonds. The maximum Gasteiger partial charge on any atom is 0.315 e. The van der Waals surface area contributed by atoms with Crippen molar-refractivity contribution >= 4 is 17.2 Å². The minimum absolute atomic E-state index is 0.218. The van der Waals surface area contributed by atoms with Crippen LogP contribution in [0.25, 0.3) is 11.5 Å². The number of nitrogens with one attached hydrogen (secondary N) is 1. The molecule has 4 aromatic rings. The summed E-state index contributed by atoms with van der Waals surface area (Å²) in [5, 5.41) is 17.9. The van der Waals surface area contributed by atoms with E-state index in [4.69, 9.17) is 10.1 Å². The Morgan fingerprint density at radius 1 is 1.03 bits per heavy atom. The lowest BCUT2D eigenvalue weighted by Crippen LogP contribution is -2.40. The Labute approximate surface area is 170 Å². The first-order chi connectivity index (χ1) is 14.0. The van der Waals surface area contributed by atoms with Gasteiger partial charge in [-0.25, -0.2) is 4.98 Å². The summed E-state index contributed by atoms with van der Waals surface area (Å²) in [5.74, 6) is 1.59. The third-order valence-electron chi connectivity index (χ3n) is 4.94. The van der Waals surface area contributed by atoms with Crippen LogP contribution < -0.4 is 9.88 Å². The van der Waals surface area contributed by atoms with E-state index in [1.165, 1.54) is 0 Å². The summed E-state index contributed by atoms with van der Waals surface area (Å²) < 4.78 is 3.90. The predicted molar refractivity (Wildman–Crippen MR) is 113 cm³/mol. The summed E-state index contributed by atoms with van der Waals surface area (Å²) in [6, 6.07) is 20.2. The average Bonchev–Trinajstić information content (AvgIpc) is 3.05. The molecule has 1 aromatic carbocycles. The molecule has 144 valence electrons. The highest BCUT2D eigenvalue weighted by atomic mass is 15.3. The second-order valence-electron chi connectivity index (χ2n) is 7.40. The van der Waals surface area contributed by atoms with Crippen molar-refractivity contribution in [1.82, 2.24) is 14.6 Å². The largest absolute Gasteiger partial charge is 0.336 e. The SMILES string of the molecule is Cc1cccc(C)[n+]1-c1cc(C(C)C)nc2c(C#N)c(Nc3ccccc3)nn12. The van der Waals surface area contributed by atoms with Crippen molar-refractivity contribution in [1.29, 1.82) is 5.26 Å². The molecule has 0 aliphatic carbocycles. The van der Waals surface area contributed by atoms with Crippen LogP contribution in [0.3, 0.4) is 0 Å². The molecule has 0 aliphatic rings. The number of pyridine rings is 1. The van der Waals surface area contributed by atoms with Crippen LogP contribution in [0.5, 0.6) is 0 Å². The molecule has 0 atom stereocenters. The summed E-state index contributed by atoms with van der Waals surface area (Å²) in [6.45, 7) is 8.32. The van der Waals surface area contributed by atoms with Crippen molar-refractivity contribution in [3.8, 4) is 11.9 Å². The average molecular weight is 383 g/mol. The van der Waals surface area contributed by atoms with E-state index in [9.17, 15) is 5.26 Å². The van der Waals surface area contributed by atoms with Gasteiger partial charge in [-0.3, -0.25) is 0 Å². The Hall–Kier alpha value is -3.72. The molecule has 0 saturated carbocycles. The number of aryl methyl sites for hydroxylation is 2. The number of hydrogen-bond donors (Lipinski definition) is 1. The minimum Gasteiger partial charge on any atom is -0.336 e. The molecule has 29 heavy (non-hydrogen) atoms. The fourth-order valence-electron chi connectivity index (χ4n) is 3.44. The van der Waals surface area contributed by atoms with Gasteiger partial charge in [0.05, 0.1) is 11.8 Å². The van der Waals surface area contributed by atoms with Crippen molar-refractivity contribution in [3.05, 3.63) is 77.2 Å². The van der Waals surface area contributed by atoms with E-state index in [2.05, 4.69) is 61.8 Å². The van der Waals surface area contributed by atoms with Crippen LogP contribution in [0.2, 0.25) is 0 Å². The topological polar surface area (TPSA) is 69.9 Å². The molecule has 3 heterocycles. The van der Waals surface area contributed by atoms with Crippen LogP contribution in [0.1, 0.15) is 42.4 Å². The molecule has 0 spiro atoms. The molecule has 3 aromatic heterocycles. The summed E-state index contributed by atoms with van der Waals surface area (Å²) in [7, 11) is 0. The quantitative estimate of drug-likeness (QED) is 0.532. The zero-order valence-corrected chi connectivity index (χ0v) is 17.0. The first-order valence-electron chi connectivity index (χ1n) is 9.64. The fourth-order valence-corrected chi connectivity index (χ4v) is 3.44. The molecule has 1 N–H and O–H groups in total. The van der Waals surface area contributed by atoms with E-state index in [-0.39, 0.29) is 5.92 Å². The van der Waals surface area contributed by atoms with Crippen LogP contribution in [-0.2, 0) is 0 Å². The van der Waals surface area contributed by atoms with Crippen LogP contribution in [0.4, 0.5) is 11.5 Å². The molecule has 0 aliphatic heterocycles. The van der Waals surface area contributed by atoms with Gasteiger partial charge in [0, 0.05) is 5.69 Å². The first-order valence-corrected chi connectivity index (χ1v) is 9.64. The zero-order chi connectivity index (χ0) is 20.5. The smallest absolute Gasteiger partial charge is 0.315 e. The standard InChI is InChI=1S/C23H23N6/c1-15(2)20-13-21(28-16(3)9-8-10-17(28)4)29-23(26-20)19(14-24)22(27-29)25-18-11-6-5-7-12-18/h5-13,15H,1-4H3,(H,25,27)/q+1. The fraction of sp³-hybridized carbons (Fsp3) is 0.217. The molecular formula is C23H23N6+. The Kier molecular flexibility index (Phi) is 4.73. The number of anilines is 2. The van der Waals surface area contributed by atoms with Crippen molar-refractivity contribution < 1.29 is 4.57 Å². The highest BCUT2D eigenvalue weighted by molar-refractivity contribution is 5.72. The van der Waals surface area contributed by atoms with Crippen LogP contribution in [0.15, 0.2) is 54.6 Å². The predicted octanol–water partition coefficient (Wildman–Crippen LogP) is 4.36. The van der Waals surface area contributed by atoms with Gasteiger partial charge in [-0.2, -0.15) is 9.83 Å². The van der Waals surface area contributed by atoms with Crippen LogP contribution in [0, 0.1) is 25.2 Å². The van der Waals surface area contributed by atoms with Crippen LogP contribution in [-0.4, -0.2) is 14.6 Å². The summed E-state index contributed by atoms with van der Waals surface area (Å²) in [4.78, 5) is 4.78. The van der Waals surface area contributed by atoms with Gasteiger partial charge in [0.25, 0.3) is 5.65 Å². The molecule has 0 unspecified atom stereocenters. The third kappa shape index (κ3) is 3.32. The maximum absolute atomic E-state index is 9.89. The number of rotatable bonds is 4. The molecule has 0 radical (unpaired) electrons. The van der Waals surface area contributed by atoms with Gasteiger partial charge in [0.2, 0.25) is 0 Å². The third-order valence-corrected chi connectivity index (χ3v) is 4.94. The number of para-hydroxylation sites is 1. The van der Waals surface area contributed by atoms with Gasteiger partial charge < -0.3 is 5.32 Å². The second-order valence-corrected chi connectivity index (χ2v) is 7.40. The van der Waals surface area contributed by atoms with E-state index >= 15 is 0 Å². The Morgan fingerprint density at radius 2 is 1.72 bits per heavy atom. The normalized spacial score (nSPS) is 11.0. The number of nitrogens with zero attached hydrogens (tertiary/aromatic N) is 5. The van der Waals surface area contributed by atoms with Crippen molar-refractivity contribution in [2.24, 2.45) is 0 Å². The summed E-state index contributed by atoms with van der Waals surface area (Å²) in [6.07, 6.45) is 0. The molecule has 0 saturated heterocycles. The molecule has 0 fully saturated rings. The molecule has 6 heteroatoms. The lowest BCUT2D eigenvalue weighted by atomic mass is 10.1. The molecule has 6 nitrogen and oxygen atoms in total. The van der Waals surface area contributed by atoms with Gasteiger partial charge in [0.1, 0.15) is 17.5 Å². The van der Waals surface area contributed by atoms with Crippen molar-refractivity contribution in [2.45, 2.75) is 33.6 Å². The highest BCUT2D eigenvalue weighted by Crippen LogP contribution is 2.25. The maximum atomic E-state index is 9.89. The number of benzene rings is 1. The monoisotopic (exact) mass is 383 g/mol. The summed E-state index contributed by atoms with van der Waals surface area (Å²) in [5.41, 5.74) is 4.95. The molecule has 4 rings (SSSR count). The molecule has 0 bridgehead atoms. The second kappa shape index (κ2) is 7.36. The van der Waals surface area contributed by atoms with Gasteiger partial charge in [-0.05, 0) is 44.0 Å². The van der Waals surface area contributed by atoms with E-state index in [1.807, 2.05) is 36.4 Å². The Morgan fingerprint density at radius 3 is 2.34 bits per heavy atom. The van der Waals surface area contributed by atoms with Gasteiger partial charge >= 0.3 is 5.82 Å². The van der Waals surface area contributed by atoms with Gasteiger partial charge in [0.15, 0.2) is 11.4 Å². The number of nitriles is 1. The Balaban J connectivity index is 2.02. The Bertz CT molecular complexity index is 1210. The van der Waals surface area contributed by atoms with E-state index < -0.39 is 0 Å². The lowest BCUT2D eigenvalue weighted by molar-refractivity contribution is -0.614. The van der Waals surface area contributed by atoms with Gasteiger partial charge in [-0.1, -0.05) is 47.7 Å². The molecular weight excluding hydrogens is 360 g/mol. The van der Waals surface area contributed by atoms with E-state index in [0.29, 0.717) is 17.0 Å². The van der Waals surface area contributed by atoms with E-state index in [0.717, 1.165) is 28.6 Å². The number of hydrogen-bond acceptors (Lipinski definition) is 4. The lowest BCUT2D eigenvalue weighted by Gasteiger charge is -2.09. The zero-order valence-electron chi connectivity index (χ0n) is 17.0. The van der Waals surface area contributed by atoms with Crippen molar-refractivity contribution in [2.75, 3.05) is 5.32 Å². The van der Waals surface area contributed by atoms with Gasteiger partial charge in [-0.15, -0.1) is 0 Å². The number of aromatic nitrogens is 4. The first kappa shape index (κ1) is 18.6. The van der Waals surface area contributed by atoms with E-state index in [1.54, 1.807) is 4.52 Å².